The molecule has 4 rings (SSSR count). The monoisotopic (exact) mass is 509 g/mol. The van der Waals surface area contributed by atoms with E-state index >= 15 is 0 Å². The van der Waals surface area contributed by atoms with Crippen LogP contribution in [0.1, 0.15) is 25.0 Å². The maximum absolute atomic E-state index is 13.0. The average Bonchev–Trinajstić information content (AvgIpc) is 3.18. The number of hydrogen-bond donors (Lipinski definition) is 2. The van der Waals surface area contributed by atoms with Crippen LogP contribution in [0.4, 0.5) is 11.4 Å². The molecule has 3 aromatic carbocycles. The maximum Gasteiger partial charge on any atom is 0.258 e. The Labute approximate surface area is 211 Å². The highest BCUT2D eigenvalue weighted by Gasteiger charge is 2.28. The summed E-state index contributed by atoms with van der Waals surface area (Å²) in [5.74, 6) is -0.162. The van der Waals surface area contributed by atoms with Gasteiger partial charge >= 0.3 is 0 Å². The van der Waals surface area contributed by atoms with Crippen molar-refractivity contribution in [2.75, 3.05) is 36.0 Å². The first-order valence-corrected chi connectivity index (χ1v) is 13.6. The lowest BCUT2D eigenvalue weighted by molar-refractivity contribution is -0.110. The Morgan fingerprint density at radius 3 is 2.31 bits per heavy atom. The molecule has 8 heteroatoms. The fourth-order valence-corrected chi connectivity index (χ4v) is 5.53. The number of carbonyl (C=O) groups excluding carboxylic acids is 1. The molecule has 0 unspecified atom stereocenters. The Morgan fingerprint density at radius 2 is 1.66 bits per heavy atom. The topological polar surface area (TPSA) is 78.5 Å². The van der Waals surface area contributed by atoms with Crippen LogP contribution in [0.25, 0.3) is 11.3 Å². The van der Waals surface area contributed by atoms with Gasteiger partial charge in [0.25, 0.3) is 5.91 Å². The Kier molecular flexibility index (Phi) is 7.60. The van der Waals surface area contributed by atoms with Gasteiger partial charge in [0.1, 0.15) is 0 Å². The lowest BCUT2D eigenvalue weighted by Crippen LogP contribution is -2.29. The van der Waals surface area contributed by atoms with Crippen LogP contribution in [0.3, 0.4) is 0 Å². The van der Waals surface area contributed by atoms with Crippen LogP contribution in [0.2, 0.25) is 5.02 Å². The molecular formula is C27H28ClN3O3S. The van der Waals surface area contributed by atoms with Gasteiger partial charge in [-0.3, -0.25) is 4.79 Å². The van der Waals surface area contributed by atoms with Gasteiger partial charge in [-0.15, -0.1) is 0 Å². The number of carbonyl (C=O) groups is 1. The third-order valence-electron chi connectivity index (χ3n) is 6.09. The van der Waals surface area contributed by atoms with E-state index in [1.54, 1.807) is 36.4 Å². The van der Waals surface area contributed by atoms with Gasteiger partial charge in [0.05, 0.1) is 27.6 Å². The number of anilines is 2. The number of halogens is 1. The molecule has 1 heterocycles. The van der Waals surface area contributed by atoms with Gasteiger partial charge in [-0.2, -0.15) is 0 Å². The van der Waals surface area contributed by atoms with Crippen LogP contribution < -0.4 is 10.6 Å². The van der Waals surface area contributed by atoms with E-state index in [4.69, 9.17) is 11.6 Å². The molecule has 182 valence electrons. The lowest BCUT2D eigenvalue weighted by Gasteiger charge is -2.18. The van der Waals surface area contributed by atoms with E-state index in [0.717, 1.165) is 24.2 Å². The molecule has 0 saturated heterocycles. The summed E-state index contributed by atoms with van der Waals surface area (Å²) in [6.07, 6.45) is 0. The lowest BCUT2D eigenvalue weighted by atomic mass is 10.00. The van der Waals surface area contributed by atoms with E-state index in [-0.39, 0.29) is 16.6 Å². The molecule has 0 bridgehead atoms. The molecule has 0 aromatic heterocycles. The number of amides is 1. The summed E-state index contributed by atoms with van der Waals surface area (Å²) in [5.41, 5.74) is 4.04. The Hall–Kier alpha value is -3.13. The Balaban J connectivity index is 1.66. The molecule has 1 aliphatic heterocycles. The zero-order valence-corrected chi connectivity index (χ0v) is 21.3. The van der Waals surface area contributed by atoms with Crippen LogP contribution in [0, 0.1) is 0 Å². The van der Waals surface area contributed by atoms with Gasteiger partial charge in [-0.25, -0.2) is 8.42 Å². The minimum Gasteiger partial charge on any atom is -0.354 e. The van der Waals surface area contributed by atoms with Crippen LogP contribution in [-0.4, -0.2) is 44.6 Å². The molecule has 1 amide bonds. The van der Waals surface area contributed by atoms with Crippen molar-refractivity contribution in [3.8, 4) is 0 Å². The first-order chi connectivity index (χ1) is 16.8. The van der Waals surface area contributed by atoms with Gasteiger partial charge in [-0.1, -0.05) is 61.8 Å². The third kappa shape index (κ3) is 5.59. The molecule has 2 N–H and O–H groups in total. The van der Waals surface area contributed by atoms with E-state index in [2.05, 4.69) is 15.5 Å². The molecule has 3 aromatic rings. The largest absolute Gasteiger partial charge is 0.354 e. The van der Waals surface area contributed by atoms with Gasteiger partial charge in [-0.05, 0) is 55.1 Å². The van der Waals surface area contributed by atoms with Gasteiger partial charge in [0.15, 0.2) is 9.84 Å². The molecule has 0 atom stereocenters. The van der Waals surface area contributed by atoms with E-state index in [1.807, 2.05) is 50.2 Å². The van der Waals surface area contributed by atoms with Crippen molar-refractivity contribution in [1.29, 1.82) is 0 Å². The minimum atomic E-state index is -3.40. The van der Waals surface area contributed by atoms with Crippen molar-refractivity contribution < 1.29 is 13.2 Å². The number of rotatable bonds is 9. The molecule has 0 fully saturated rings. The van der Waals surface area contributed by atoms with Crippen molar-refractivity contribution in [1.82, 2.24) is 4.90 Å². The highest BCUT2D eigenvalue weighted by Crippen LogP contribution is 2.38. The molecule has 0 spiro atoms. The van der Waals surface area contributed by atoms with Crippen LogP contribution in [0.15, 0.2) is 77.7 Å². The highest BCUT2D eigenvalue weighted by molar-refractivity contribution is 7.91. The normalized spacial score (nSPS) is 14.6. The summed E-state index contributed by atoms with van der Waals surface area (Å²) in [6.45, 7) is 6.17. The Bertz CT molecular complexity index is 1350. The molecular weight excluding hydrogens is 482 g/mol. The number of sulfone groups is 1. The summed E-state index contributed by atoms with van der Waals surface area (Å²) >= 11 is 6.12. The smallest absolute Gasteiger partial charge is 0.258 e. The van der Waals surface area contributed by atoms with E-state index in [9.17, 15) is 13.2 Å². The summed E-state index contributed by atoms with van der Waals surface area (Å²) in [4.78, 5) is 15.3. The zero-order valence-electron chi connectivity index (χ0n) is 19.7. The van der Waals surface area contributed by atoms with Crippen molar-refractivity contribution in [2.45, 2.75) is 18.7 Å². The van der Waals surface area contributed by atoms with E-state index < -0.39 is 9.84 Å². The number of hydrogen-bond acceptors (Lipinski definition) is 5. The summed E-state index contributed by atoms with van der Waals surface area (Å²) in [6, 6.07) is 21.5. The molecule has 0 saturated carbocycles. The van der Waals surface area contributed by atoms with Crippen molar-refractivity contribution >= 4 is 50.0 Å². The summed E-state index contributed by atoms with van der Waals surface area (Å²) in [5, 5.41) is 6.77. The quantitative estimate of drug-likeness (QED) is 0.378. The fraction of sp³-hybridized carbons (Fsp3) is 0.222. The van der Waals surface area contributed by atoms with Crippen molar-refractivity contribution in [3.05, 3.63) is 88.9 Å². The van der Waals surface area contributed by atoms with Crippen LogP contribution >= 0.6 is 11.6 Å². The predicted molar refractivity (Wildman–Crippen MR) is 143 cm³/mol. The third-order valence-corrected chi connectivity index (χ3v) is 8.04. The molecule has 6 nitrogen and oxygen atoms in total. The number of nitrogens with one attached hydrogen (secondary N) is 2. The SMILES string of the molecule is CCN(CC)CCS(=O)(=O)c1ccc(N/C(=C2\C(=O)Nc3cc(Cl)ccc32)c2ccccc2)cc1. The second-order valence-corrected chi connectivity index (χ2v) is 10.8. The van der Waals surface area contributed by atoms with Crippen LogP contribution in [0.5, 0.6) is 0 Å². The number of nitrogens with zero attached hydrogens (tertiary/aromatic N) is 1. The van der Waals surface area contributed by atoms with Gasteiger partial charge < -0.3 is 15.5 Å². The average molecular weight is 510 g/mol. The maximum atomic E-state index is 13.0. The van der Waals surface area contributed by atoms with E-state index in [0.29, 0.717) is 34.2 Å². The summed E-state index contributed by atoms with van der Waals surface area (Å²) < 4.78 is 25.6. The fourth-order valence-electron chi connectivity index (χ4n) is 4.07. The van der Waals surface area contributed by atoms with Crippen LogP contribution in [-0.2, 0) is 14.6 Å². The number of benzene rings is 3. The predicted octanol–water partition coefficient (Wildman–Crippen LogP) is 5.39. The number of fused-ring (bicyclic) bond motifs is 1. The molecule has 0 radical (unpaired) electrons. The van der Waals surface area contributed by atoms with Gasteiger partial charge in [0.2, 0.25) is 0 Å². The molecule has 1 aliphatic rings. The second-order valence-electron chi connectivity index (χ2n) is 8.26. The minimum absolute atomic E-state index is 0.0697. The summed E-state index contributed by atoms with van der Waals surface area (Å²) in [7, 11) is -3.40. The molecule has 0 aliphatic carbocycles. The zero-order chi connectivity index (χ0) is 25.0. The first-order valence-electron chi connectivity index (χ1n) is 11.6. The Morgan fingerprint density at radius 1 is 0.971 bits per heavy atom. The van der Waals surface area contributed by atoms with Gasteiger partial charge in [0, 0.05) is 22.8 Å². The first kappa shape index (κ1) is 25.0. The van der Waals surface area contributed by atoms with Crippen molar-refractivity contribution in [3.63, 3.8) is 0 Å². The van der Waals surface area contributed by atoms with Crippen molar-refractivity contribution in [2.24, 2.45) is 0 Å². The highest BCUT2D eigenvalue weighted by atomic mass is 35.5. The standard InChI is InChI=1S/C27H28ClN3O3S/c1-3-31(4-2)16-17-35(33,34)22-13-11-21(12-14-22)29-26(19-8-6-5-7-9-19)25-23-15-10-20(28)18-24(23)30-27(25)32/h5-15,18,29H,3-4,16-17H2,1-2H3,(H,30,32)/b26-25-. The second kappa shape index (κ2) is 10.6. The van der Waals surface area contributed by atoms with E-state index in [1.165, 1.54) is 0 Å². The molecule has 35 heavy (non-hydrogen) atoms.